The second kappa shape index (κ2) is 9.01. The summed E-state index contributed by atoms with van der Waals surface area (Å²) < 4.78 is 23.5. The number of anilines is 2. The predicted molar refractivity (Wildman–Crippen MR) is 107 cm³/mol. The van der Waals surface area contributed by atoms with Gasteiger partial charge in [0.25, 0.3) is 5.91 Å². The fraction of sp³-hybridized carbons (Fsp3) is 0.190. The number of aryl methyl sites for hydroxylation is 1. The van der Waals surface area contributed by atoms with Crippen LogP contribution in [-0.2, 0) is 6.54 Å². The Morgan fingerprint density at radius 2 is 1.72 bits per heavy atom. The Kier molecular flexibility index (Phi) is 6.23. The molecule has 0 bridgehead atoms. The first kappa shape index (κ1) is 20.1. The molecule has 2 aromatic carbocycles. The van der Waals surface area contributed by atoms with Crippen LogP contribution in [0.3, 0.4) is 0 Å². The SMILES string of the molecule is COc1ccc(CNC(=O)c2cc(Nc3ccc(F)cc3)nc(C)n2)cc1OC. The molecule has 8 heteroatoms. The maximum Gasteiger partial charge on any atom is 0.270 e. The van der Waals surface area contributed by atoms with Gasteiger partial charge in [0.05, 0.1) is 14.2 Å². The lowest BCUT2D eigenvalue weighted by Crippen LogP contribution is -2.24. The molecule has 0 aliphatic carbocycles. The third-order valence-electron chi connectivity index (χ3n) is 4.09. The van der Waals surface area contributed by atoms with Crippen molar-refractivity contribution in [1.29, 1.82) is 0 Å². The van der Waals surface area contributed by atoms with Crippen molar-refractivity contribution in [3.63, 3.8) is 0 Å². The van der Waals surface area contributed by atoms with Crippen molar-refractivity contribution in [3.8, 4) is 11.5 Å². The first-order valence-electron chi connectivity index (χ1n) is 8.86. The number of amides is 1. The molecule has 3 rings (SSSR count). The molecular weight excluding hydrogens is 375 g/mol. The van der Waals surface area contributed by atoms with E-state index >= 15 is 0 Å². The van der Waals surface area contributed by atoms with Gasteiger partial charge in [-0.2, -0.15) is 0 Å². The summed E-state index contributed by atoms with van der Waals surface area (Å²) >= 11 is 0. The lowest BCUT2D eigenvalue weighted by atomic mass is 10.2. The van der Waals surface area contributed by atoms with Crippen molar-refractivity contribution in [2.24, 2.45) is 0 Å². The number of hydrogen-bond acceptors (Lipinski definition) is 6. The summed E-state index contributed by atoms with van der Waals surface area (Å²) in [5, 5.41) is 5.87. The molecule has 1 amide bonds. The van der Waals surface area contributed by atoms with Crippen molar-refractivity contribution < 1.29 is 18.7 Å². The Balaban J connectivity index is 1.70. The van der Waals surface area contributed by atoms with Gasteiger partial charge >= 0.3 is 0 Å². The number of carbonyl (C=O) groups is 1. The summed E-state index contributed by atoms with van der Waals surface area (Å²) in [6.07, 6.45) is 0. The third-order valence-corrected chi connectivity index (χ3v) is 4.09. The van der Waals surface area contributed by atoms with Crippen LogP contribution in [0.15, 0.2) is 48.5 Å². The van der Waals surface area contributed by atoms with Crippen molar-refractivity contribution in [1.82, 2.24) is 15.3 Å². The average Bonchev–Trinajstić information content (AvgIpc) is 2.73. The maximum absolute atomic E-state index is 13.1. The zero-order chi connectivity index (χ0) is 20.8. The Labute approximate surface area is 167 Å². The standard InChI is InChI=1S/C21H21FN4O3/c1-13-24-17(11-20(25-13)26-16-7-5-15(22)6-8-16)21(27)23-12-14-4-9-18(28-2)19(10-14)29-3/h4-11H,12H2,1-3H3,(H,23,27)(H,24,25,26). The van der Waals surface area contributed by atoms with E-state index in [1.165, 1.54) is 12.1 Å². The minimum absolute atomic E-state index is 0.225. The summed E-state index contributed by atoms with van der Waals surface area (Å²) in [5.74, 6) is 1.42. The number of aromatic nitrogens is 2. The van der Waals surface area contributed by atoms with Crippen LogP contribution in [0.25, 0.3) is 0 Å². The maximum atomic E-state index is 13.1. The zero-order valence-corrected chi connectivity index (χ0v) is 16.3. The number of carbonyl (C=O) groups excluding carboxylic acids is 1. The third kappa shape index (κ3) is 5.19. The van der Waals surface area contributed by atoms with Crippen LogP contribution in [0.4, 0.5) is 15.9 Å². The smallest absolute Gasteiger partial charge is 0.270 e. The van der Waals surface area contributed by atoms with Crippen molar-refractivity contribution in [3.05, 3.63) is 71.4 Å². The normalized spacial score (nSPS) is 10.3. The zero-order valence-electron chi connectivity index (χ0n) is 16.3. The van der Waals surface area contributed by atoms with E-state index in [4.69, 9.17) is 9.47 Å². The van der Waals surface area contributed by atoms with Crippen LogP contribution < -0.4 is 20.1 Å². The van der Waals surface area contributed by atoms with E-state index in [1.54, 1.807) is 51.5 Å². The van der Waals surface area contributed by atoms with E-state index in [0.717, 1.165) is 5.56 Å². The van der Waals surface area contributed by atoms with E-state index in [1.807, 2.05) is 6.07 Å². The molecule has 0 aliphatic rings. The molecule has 0 radical (unpaired) electrons. The lowest BCUT2D eigenvalue weighted by molar-refractivity contribution is 0.0945. The second-order valence-electron chi connectivity index (χ2n) is 6.19. The Hall–Kier alpha value is -3.68. The fourth-order valence-corrected chi connectivity index (χ4v) is 2.69. The predicted octanol–water partition coefficient (Wildman–Crippen LogP) is 3.61. The number of nitrogens with zero attached hydrogens (tertiary/aromatic N) is 2. The summed E-state index contributed by atoms with van der Waals surface area (Å²) in [7, 11) is 3.12. The van der Waals surface area contributed by atoms with Crippen LogP contribution in [0.5, 0.6) is 11.5 Å². The monoisotopic (exact) mass is 396 g/mol. The molecule has 0 saturated heterocycles. The molecular formula is C21H21FN4O3. The quantitative estimate of drug-likeness (QED) is 0.635. The molecule has 29 heavy (non-hydrogen) atoms. The highest BCUT2D eigenvalue weighted by molar-refractivity contribution is 5.93. The number of methoxy groups -OCH3 is 2. The minimum atomic E-state index is -0.340. The van der Waals surface area contributed by atoms with Crippen LogP contribution in [0, 0.1) is 12.7 Å². The Morgan fingerprint density at radius 3 is 2.41 bits per heavy atom. The molecule has 0 unspecified atom stereocenters. The molecule has 1 heterocycles. The van der Waals surface area contributed by atoms with E-state index in [2.05, 4.69) is 20.6 Å². The molecule has 0 spiro atoms. The first-order chi connectivity index (χ1) is 14.0. The number of ether oxygens (including phenoxy) is 2. The highest BCUT2D eigenvalue weighted by atomic mass is 19.1. The molecule has 1 aromatic heterocycles. The molecule has 0 fully saturated rings. The van der Waals surface area contributed by atoms with Gasteiger partial charge < -0.3 is 20.1 Å². The minimum Gasteiger partial charge on any atom is -0.493 e. The van der Waals surface area contributed by atoms with Crippen molar-refractivity contribution in [2.75, 3.05) is 19.5 Å². The van der Waals surface area contributed by atoms with Gasteiger partial charge in [0.2, 0.25) is 0 Å². The van der Waals surface area contributed by atoms with Crippen LogP contribution >= 0.6 is 0 Å². The Bertz CT molecular complexity index is 1010. The van der Waals surface area contributed by atoms with Gasteiger partial charge in [0.15, 0.2) is 11.5 Å². The number of benzene rings is 2. The highest BCUT2D eigenvalue weighted by Gasteiger charge is 2.12. The van der Waals surface area contributed by atoms with Gasteiger partial charge in [-0.05, 0) is 48.9 Å². The van der Waals surface area contributed by atoms with Crippen LogP contribution in [0.1, 0.15) is 21.9 Å². The molecule has 150 valence electrons. The van der Waals surface area contributed by atoms with Crippen LogP contribution in [0.2, 0.25) is 0 Å². The van der Waals surface area contributed by atoms with Gasteiger partial charge in [-0.15, -0.1) is 0 Å². The Morgan fingerprint density at radius 1 is 1.00 bits per heavy atom. The van der Waals surface area contributed by atoms with Gasteiger partial charge in [0, 0.05) is 18.3 Å². The van der Waals surface area contributed by atoms with Crippen molar-refractivity contribution in [2.45, 2.75) is 13.5 Å². The molecule has 0 saturated carbocycles. The summed E-state index contributed by atoms with van der Waals surface area (Å²) in [6.45, 7) is 1.99. The molecule has 3 aromatic rings. The van der Waals surface area contributed by atoms with Gasteiger partial charge in [-0.1, -0.05) is 6.07 Å². The summed E-state index contributed by atoms with van der Waals surface area (Å²) in [5.41, 5.74) is 1.73. The number of hydrogen-bond donors (Lipinski definition) is 2. The van der Waals surface area contributed by atoms with E-state index in [-0.39, 0.29) is 17.4 Å². The van der Waals surface area contributed by atoms with E-state index in [9.17, 15) is 9.18 Å². The number of halogens is 1. The average molecular weight is 396 g/mol. The van der Waals surface area contributed by atoms with E-state index in [0.29, 0.717) is 35.4 Å². The summed E-state index contributed by atoms with van der Waals surface area (Å²) in [4.78, 5) is 21.0. The lowest BCUT2D eigenvalue weighted by Gasteiger charge is -2.11. The second-order valence-corrected chi connectivity index (χ2v) is 6.19. The largest absolute Gasteiger partial charge is 0.493 e. The highest BCUT2D eigenvalue weighted by Crippen LogP contribution is 2.27. The van der Waals surface area contributed by atoms with E-state index < -0.39 is 0 Å². The number of nitrogens with one attached hydrogen (secondary N) is 2. The first-order valence-corrected chi connectivity index (χ1v) is 8.86. The summed E-state index contributed by atoms with van der Waals surface area (Å²) in [6, 6.07) is 12.8. The molecule has 0 atom stereocenters. The van der Waals surface area contributed by atoms with Crippen LogP contribution in [-0.4, -0.2) is 30.1 Å². The molecule has 7 nitrogen and oxygen atoms in total. The fourth-order valence-electron chi connectivity index (χ4n) is 2.69. The molecule has 0 aliphatic heterocycles. The van der Waals surface area contributed by atoms with Gasteiger partial charge in [-0.3, -0.25) is 4.79 Å². The molecule has 2 N–H and O–H groups in total. The van der Waals surface area contributed by atoms with Crippen molar-refractivity contribution >= 4 is 17.4 Å². The topological polar surface area (TPSA) is 85.4 Å². The van der Waals surface area contributed by atoms with Gasteiger partial charge in [-0.25, -0.2) is 14.4 Å². The number of rotatable bonds is 7. The van der Waals surface area contributed by atoms with Gasteiger partial charge in [0.1, 0.15) is 23.2 Å².